The maximum Gasteiger partial charge on any atom is 0.0562 e. The van der Waals surface area contributed by atoms with Gasteiger partial charge in [-0.2, -0.15) is 0 Å². The highest BCUT2D eigenvalue weighted by Gasteiger charge is 2.33. The Morgan fingerprint density at radius 1 is 1.38 bits per heavy atom. The summed E-state index contributed by atoms with van der Waals surface area (Å²) >= 11 is 0. The highest BCUT2D eigenvalue weighted by atomic mass is 14.9. The van der Waals surface area contributed by atoms with Crippen molar-refractivity contribution >= 4 is 10.9 Å². The minimum atomic E-state index is -0.132. The van der Waals surface area contributed by atoms with Gasteiger partial charge in [-0.05, 0) is 37.3 Å². The van der Waals surface area contributed by atoms with Crippen LogP contribution in [0.1, 0.15) is 37.4 Å². The molecule has 2 aromatic rings. The zero-order valence-electron chi connectivity index (χ0n) is 9.72. The summed E-state index contributed by atoms with van der Waals surface area (Å²) in [6.45, 7) is 2.18. The molecule has 0 bridgehead atoms. The zero-order chi connectivity index (χ0) is 11.2. The van der Waals surface area contributed by atoms with Crippen molar-refractivity contribution in [3.05, 3.63) is 35.5 Å². The van der Waals surface area contributed by atoms with E-state index in [1.54, 1.807) is 0 Å². The van der Waals surface area contributed by atoms with Gasteiger partial charge in [-0.25, -0.2) is 0 Å². The predicted molar refractivity (Wildman–Crippen MR) is 67.4 cm³/mol. The molecule has 84 valence electrons. The first-order chi connectivity index (χ1) is 7.74. The van der Waals surface area contributed by atoms with Crippen molar-refractivity contribution in [2.75, 3.05) is 0 Å². The smallest absolute Gasteiger partial charge is 0.0562 e. The average molecular weight is 214 g/mol. The Hall–Kier alpha value is -1.28. The summed E-state index contributed by atoms with van der Waals surface area (Å²) in [7, 11) is 0. The number of nitrogens with two attached hydrogens (primary N) is 1. The maximum atomic E-state index is 6.50. The van der Waals surface area contributed by atoms with E-state index in [0.717, 1.165) is 19.3 Å². The Morgan fingerprint density at radius 3 is 3.00 bits per heavy atom. The van der Waals surface area contributed by atoms with Crippen molar-refractivity contribution in [2.45, 2.75) is 38.1 Å². The molecule has 2 heteroatoms. The molecule has 3 N–H and O–H groups in total. The topological polar surface area (TPSA) is 41.8 Å². The van der Waals surface area contributed by atoms with Crippen molar-refractivity contribution in [3.63, 3.8) is 0 Å². The number of nitrogens with one attached hydrogen (secondary N) is 1. The number of aryl methyl sites for hydroxylation is 1. The zero-order valence-corrected chi connectivity index (χ0v) is 9.72. The van der Waals surface area contributed by atoms with Gasteiger partial charge in [0.05, 0.1) is 5.54 Å². The first-order valence-electron chi connectivity index (χ1n) is 6.13. The van der Waals surface area contributed by atoms with E-state index in [1.165, 1.54) is 28.6 Å². The minimum absolute atomic E-state index is 0.132. The number of benzene rings is 1. The Balaban J connectivity index is 2.29. The quantitative estimate of drug-likeness (QED) is 0.752. The first kappa shape index (κ1) is 9.91. The van der Waals surface area contributed by atoms with Gasteiger partial charge in [0.2, 0.25) is 0 Å². The number of rotatable bonds is 1. The van der Waals surface area contributed by atoms with Gasteiger partial charge in [0.15, 0.2) is 0 Å². The van der Waals surface area contributed by atoms with Crippen LogP contribution in [0.25, 0.3) is 10.9 Å². The van der Waals surface area contributed by atoms with Gasteiger partial charge >= 0.3 is 0 Å². The molecule has 1 unspecified atom stereocenters. The van der Waals surface area contributed by atoms with E-state index >= 15 is 0 Å². The van der Waals surface area contributed by atoms with Crippen LogP contribution in [0.2, 0.25) is 0 Å². The second kappa shape index (κ2) is 3.36. The minimum Gasteiger partial charge on any atom is -0.357 e. The lowest BCUT2D eigenvalue weighted by atomic mass is 9.79. The summed E-state index contributed by atoms with van der Waals surface area (Å²) in [5.74, 6) is 0. The fraction of sp³-hybridized carbons (Fsp3) is 0.429. The molecule has 0 radical (unpaired) electrons. The highest BCUT2D eigenvalue weighted by Crippen LogP contribution is 2.38. The monoisotopic (exact) mass is 214 g/mol. The van der Waals surface area contributed by atoms with Crippen molar-refractivity contribution in [1.82, 2.24) is 4.98 Å². The largest absolute Gasteiger partial charge is 0.357 e. The third-order valence-corrected chi connectivity index (χ3v) is 3.99. The molecular formula is C14H18N2. The van der Waals surface area contributed by atoms with Crippen LogP contribution in [0.15, 0.2) is 24.3 Å². The van der Waals surface area contributed by atoms with Gasteiger partial charge in [0.1, 0.15) is 0 Å². The van der Waals surface area contributed by atoms with Crippen LogP contribution in [0.3, 0.4) is 0 Å². The van der Waals surface area contributed by atoms with E-state index in [9.17, 15) is 0 Å². The lowest BCUT2D eigenvalue weighted by Gasteiger charge is -2.32. The van der Waals surface area contributed by atoms with Crippen LogP contribution < -0.4 is 5.73 Å². The standard InChI is InChI=1S/C14H18N2/c1-2-14(15)9-5-7-11-10-6-3-4-8-12(10)16-13(11)14/h3-4,6,8,16H,2,5,7,9,15H2,1H3. The molecule has 2 nitrogen and oxygen atoms in total. The van der Waals surface area contributed by atoms with Crippen molar-refractivity contribution in [3.8, 4) is 0 Å². The fourth-order valence-corrected chi connectivity index (χ4v) is 2.94. The van der Waals surface area contributed by atoms with E-state index < -0.39 is 0 Å². The van der Waals surface area contributed by atoms with Gasteiger partial charge < -0.3 is 10.7 Å². The molecule has 1 aromatic heterocycles. The van der Waals surface area contributed by atoms with Gasteiger partial charge in [-0.3, -0.25) is 0 Å². The molecule has 1 aliphatic carbocycles. The molecule has 0 fully saturated rings. The van der Waals surface area contributed by atoms with Gasteiger partial charge in [-0.15, -0.1) is 0 Å². The van der Waals surface area contributed by atoms with E-state index in [4.69, 9.17) is 5.73 Å². The summed E-state index contributed by atoms with van der Waals surface area (Å²) in [6, 6.07) is 8.53. The van der Waals surface area contributed by atoms with Gasteiger partial charge in [0, 0.05) is 16.6 Å². The Morgan fingerprint density at radius 2 is 2.19 bits per heavy atom. The van der Waals surface area contributed by atoms with Crippen molar-refractivity contribution in [1.29, 1.82) is 0 Å². The molecule has 1 aliphatic rings. The van der Waals surface area contributed by atoms with Crippen molar-refractivity contribution < 1.29 is 0 Å². The fourth-order valence-electron chi connectivity index (χ4n) is 2.94. The molecule has 1 atom stereocenters. The lowest BCUT2D eigenvalue weighted by Crippen LogP contribution is -2.39. The van der Waals surface area contributed by atoms with E-state index in [1.807, 2.05) is 0 Å². The SMILES string of the molecule is CCC1(N)CCCc2c1[nH]c1ccccc21. The number of para-hydroxylation sites is 1. The van der Waals surface area contributed by atoms with E-state index in [2.05, 4.69) is 36.2 Å². The average Bonchev–Trinajstić information content (AvgIpc) is 2.70. The van der Waals surface area contributed by atoms with Crippen LogP contribution in [0.5, 0.6) is 0 Å². The second-order valence-electron chi connectivity index (χ2n) is 4.89. The number of aromatic amines is 1. The van der Waals surface area contributed by atoms with Crippen LogP contribution in [0.4, 0.5) is 0 Å². The molecule has 0 spiro atoms. The molecule has 16 heavy (non-hydrogen) atoms. The number of aromatic nitrogens is 1. The van der Waals surface area contributed by atoms with Crippen molar-refractivity contribution in [2.24, 2.45) is 5.73 Å². The highest BCUT2D eigenvalue weighted by molar-refractivity contribution is 5.85. The summed E-state index contributed by atoms with van der Waals surface area (Å²) < 4.78 is 0. The van der Waals surface area contributed by atoms with Crippen LogP contribution in [-0.4, -0.2) is 4.98 Å². The maximum absolute atomic E-state index is 6.50. The third-order valence-electron chi connectivity index (χ3n) is 3.99. The third kappa shape index (κ3) is 1.23. The lowest BCUT2D eigenvalue weighted by molar-refractivity contribution is 0.352. The van der Waals surface area contributed by atoms with Crippen LogP contribution in [-0.2, 0) is 12.0 Å². The molecule has 1 heterocycles. The van der Waals surface area contributed by atoms with Crippen LogP contribution in [0, 0.1) is 0 Å². The number of H-pyrrole nitrogens is 1. The second-order valence-corrected chi connectivity index (χ2v) is 4.89. The summed E-state index contributed by atoms with van der Waals surface area (Å²) in [6.07, 6.45) is 4.48. The Labute approximate surface area is 95.8 Å². The molecule has 3 rings (SSSR count). The number of hydrogen-bond donors (Lipinski definition) is 2. The molecule has 0 aliphatic heterocycles. The van der Waals surface area contributed by atoms with Gasteiger partial charge in [0.25, 0.3) is 0 Å². The molecule has 1 aromatic carbocycles. The summed E-state index contributed by atoms with van der Waals surface area (Å²) in [5.41, 5.74) is 10.3. The number of hydrogen-bond acceptors (Lipinski definition) is 1. The Kier molecular flexibility index (Phi) is 2.08. The number of fused-ring (bicyclic) bond motifs is 3. The Bertz CT molecular complexity index is 527. The van der Waals surface area contributed by atoms with E-state index in [0.29, 0.717) is 0 Å². The van der Waals surface area contributed by atoms with Gasteiger partial charge in [-0.1, -0.05) is 25.1 Å². The molecule has 0 amide bonds. The molecule has 0 saturated carbocycles. The predicted octanol–water partition coefficient (Wildman–Crippen LogP) is 3.07. The molecular weight excluding hydrogens is 196 g/mol. The normalized spacial score (nSPS) is 24.6. The first-order valence-corrected chi connectivity index (χ1v) is 6.13. The summed E-state index contributed by atoms with van der Waals surface area (Å²) in [5, 5.41) is 1.36. The van der Waals surface area contributed by atoms with E-state index in [-0.39, 0.29) is 5.54 Å². The van der Waals surface area contributed by atoms with Crippen LogP contribution >= 0.6 is 0 Å². The molecule has 0 saturated heterocycles. The summed E-state index contributed by atoms with van der Waals surface area (Å²) in [4.78, 5) is 3.53.